The molecule has 0 aliphatic carbocycles. The molecule has 0 bridgehead atoms. The first-order valence-corrected chi connectivity index (χ1v) is 9.23. The highest BCUT2D eigenvalue weighted by atomic mass is 19.4. The number of halogens is 3. The van der Waals surface area contributed by atoms with Crippen LogP contribution in [0, 0.1) is 10.1 Å². The standard InChI is InChI=1S/C20H21BF3NO5/c1-18(2)19(3,4)30-21(29-18)16-11-15(25(26)27)9-10-17(16)28-12-13-5-7-14(8-6-13)20(22,23)24/h5-11H,12H2,1-4H3. The third kappa shape index (κ3) is 4.44. The summed E-state index contributed by atoms with van der Waals surface area (Å²) < 4.78 is 55.9. The smallest absolute Gasteiger partial charge is 0.489 e. The first-order valence-electron chi connectivity index (χ1n) is 9.23. The normalized spacial score (nSPS) is 17.8. The Morgan fingerprint density at radius 3 is 2.10 bits per heavy atom. The molecule has 0 atom stereocenters. The lowest BCUT2D eigenvalue weighted by molar-refractivity contribution is -0.384. The van der Waals surface area contributed by atoms with Gasteiger partial charge in [0.2, 0.25) is 0 Å². The lowest BCUT2D eigenvalue weighted by atomic mass is 9.78. The molecule has 2 aromatic carbocycles. The summed E-state index contributed by atoms with van der Waals surface area (Å²) >= 11 is 0. The van der Waals surface area contributed by atoms with Gasteiger partial charge in [-0.3, -0.25) is 10.1 Å². The summed E-state index contributed by atoms with van der Waals surface area (Å²) in [7, 11) is -0.891. The van der Waals surface area contributed by atoms with E-state index >= 15 is 0 Å². The Kier molecular flexibility index (Phi) is 5.59. The molecule has 0 aromatic heterocycles. The molecule has 0 N–H and O–H groups in total. The van der Waals surface area contributed by atoms with Crippen molar-refractivity contribution in [2.24, 2.45) is 0 Å². The maximum absolute atomic E-state index is 12.7. The number of non-ortho nitro benzene ring substituents is 1. The van der Waals surface area contributed by atoms with Gasteiger partial charge in [0.15, 0.2) is 0 Å². The van der Waals surface area contributed by atoms with Crippen LogP contribution in [0.4, 0.5) is 18.9 Å². The highest BCUT2D eigenvalue weighted by molar-refractivity contribution is 6.63. The van der Waals surface area contributed by atoms with Crippen LogP contribution in [0.5, 0.6) is 5.75 Å². The van der Waals surface area contributed by atoms with Gasteiger partial charge in [-0.05, 0) is 51.5 Å². The summed E-state index contributed by atoms with van der Waals surface area (Å²) in [5.74, 6) is 0.291. The van der Waals surface area contributed by atoms with Crippen LogP contribution >= 0.6 is 0 Å². The number of nitrogens with zero attached hydrogens (tertiary/aromatic N) is 1. The summed E-state index contributed by atoms with van der Waals surface area (Å²) in [5.41, 5.74) is -1.36. The van der Waals surface area contributed by atoms with Gasteiger partial charge in [0.05, 0.1) is 21.7 Å². The van der Waals surface area contributed by atoms with Gasteiger partial charge in [0, 0.05) is 17.6 Å². The topological polar surface area (TPSA) is 70.8 Å². The molecule has 6 nitrogen and oxygen atoms in total. The van der Waals surface area contributed by atoms with Crippen molar-refractivity contribution in [3.8, 4) is 5.75 Å². The maximum atomic E-state index is 12.7. The zero-order valence-electron chi connectivity index (χ0n) is 16.9. The molecule has 0 spiro atoms. The van der Waals surface area contributed by atoms with Crippen LogP contribution in [-0.2, 0) is 22.1 Å². The van der Waals surface area contributed by atoms with E-state index < -0.39 is 35.0 Å². The number of hydrogen-bond acceptors (Lipinski definition) is 5. The molecular formula is C20H21BF3NO5. The van der Waals surface area contributed by atoms with Gasteiger partial charge in [-0.25, -0.2) is 0 Å². The molecule has 0 saturated carbocycles. The molecule has 30 heavy (non-hydrogen) atoms. The first kappa shape index (κ1) is 22.1. The van der Waals surface area contributed by atoms with Crippen LogP contribution in [0.3, 0.4) is 0 Å². The van der Waals surface area contributed by atoms with Crippen molar-refractivity contribution in [1.82, 2.24) is 0 Å². The van der Waals surface area contributed by atoms with E-state index in [1.165, 1.54) is 30.3 Å². The Morgan fingerprint density at radius 1 is 1.03 bits per heavy atom. The minimum absolute atomic E-state index is 0.0253. The summed E-state index contributed by atoms with van der Waals surface area (Å²) in [5, 5.41) is 11.2. The van der Waals surface area contributed by atoms with Gasteiger partial charge in [-0.2, -0.15) is 13.2 Å². The number of nitro benzene ring substituents is 1. The molecule has 1 aliphatic heterocycles. The lowest BCUT2D eigenvalue weighted by Gasteiger charge is -2.32. The van der Waals surface area contributed by atoms with E-state index in [4.69, 9.17) is 14.0 Å². The average Bonchev–Trinajstić information content (AvgIpc) is 2.86. The lowest BCUT2D eigenvalue weighted by Crippen LogP contribution is -2.41. The van der Waals surface area contributed by atoms with Crippen LogP contribution in [0.1, 0.15) is 38.8 Å². The van der Waals surface area contributed by atoms with Crippen LogP contribution in [0.2, 0.25) is 0 Å². The van der Waals surface area contributed by atoms with Crippen molar-refractivity contribution in [3.05, 3.63) is 63.7 Å². The molecule has 0 radical (unpaired) electrons. The van der Waals surface area contributed by atoms with Crippen LogP contribution in [-0.4, -0.2) is 23.2 Å². The first-order chi connectivity index (χ1) is 13.8. The second-order valence-electron chi connectivity index (χ2n) is 8.05. The van der Waals surface area contributed by atoms with E-state index in [1.54, 1.807) is 0 Å². The molecule has 0 unspecified atom stereocenters. The Labute approximate surface area is 172 Å². The molecule has 1 saturated heterocycles. The SMILES string of the molecule is CC1(C)OB(c2cc([N+](=O)[O-])ccc2OCc2ccc(C(F)(F)F)cc2)OC1(C)C. The maximum Gasteiger partial charge on any atom is 0.498 e. The molecule has 1 aliphatic rings. The van der Waals surface area contributed by atoms with Crippen LogP contribution in [0.15, 0.2) is 42.5 Å². The van der Waals surface area contributed by atoms with E-state index in [0.717, 1.165) is 12.1 Å². The fourth-order valence-corrected chi connectivity index (χ4v) is 2.89. The van der Waals surface area contributed by atoms with E-state index in [-0.39, 0.29) is 12.3 Å². The summed E-state index contributed by atoms with van der Waals surface area (Å²) in [6, 6.07) is 8.64. The monoisotopic (exact) mass is 423 g/mol. The Hall–Kier alpha value is -2.59. The van der Waals surface area contributed by atoms with E-state index in [1.807, 2.05) is 27.7 Å². The predicted octanol–water partition coefficient (Wildman–Crippen LogP) is 4.49. The molecule has 1 fully saturated rings. The molecule has 3 rings (SSSR count). The zero-order chi connectivity index (χ0) is 22.3. The number of ether oxygens (including phenoxy) is 1. The highest BCUT2D eigenvalue weighted by Gasteiger charge is 2.52. The minimum atomic E-state index is -4.42. The fraction of sp³-hybridized carbons (Fsp3) is 0.400. The molecule has 10 heteroatoms. The van der Waals surface area contributed by atoms with Gasteiger partial charge < -0.3 is 14.0 Å². The highest BCUT2D eigenvalue weighted by Crippen LogP contribution is 2.37. The van der Waals surface area contributed by atoms with Crippen molar-refractivity contribution in [2.45, 2.75) is 51.7 Å². The van der Waals surface area contributed by atoms with Gasteiger partial charge in [-0.1, -0.05) is 12.1 Å². The van der Waals surface area contributed by atoms with Crippen LogP contribution < -0.4 is 10.2 Å². The Morgan fingerprint density at radius 2 is 1.60 bits per heavy atom. The molecule has 1 heterocycles. The Bertz CT molecular complexity index is 928. The zero-order valence-corrected chi connectivity index (χ0v) is 16.9. The molecule has 160 valence electrons. The number of hydrogen-bond donors (Lipinski definition) is 0. The fourth-order valence-electron chi connectivity index (χ4n) is 2.89. The van der Waals surface area contributed by atoms with Crippen molar-refractivity contribution in [2.75, 3.05) is 0 Å². The van der Waals surface area contributed by atoms with Gasteiger partial charge >= 0.3 is 13.3 Å². The predicted molar refractivity (Wildman–Crippen MR) is 105 cm³/mol. The van der Waals surface area contributed by atoms with Crippen molar-refractivity contribution in [3.63, 3.8) is 0 Å². The van der Waals surface area contributed by atoms with Crippen molar-refractivity contribution < 1.29 is 32.1 Å². The van der Waals surface area contributed by atoms with E-state index in [2.05, 4.69) is 0 Å². The number of rotatable bonds is 5. The quantitative estimate of drug-likeness (QED) is 0.403. The molecular weight excluding hydrogens is 402 g/mol. The molecule has 0 amide bonds. The summed E-state index contributed by atoms with van der Waals surface area (Å²) in [6.07, 6.45) is -4.42. The van der Waals surface area contributed by atoms with Crippen molar-refractivity contribution >= 4 is 18.3 Å². The van der Waals surface area contributed by atoms with E-state index in [0.29, 0.717) is 16.8 Å². The van der Waals surface area contributed by atoms with Gasteiger partial charge in [0.1, 0.15) is 12.4 Å². The second-order valence-corrected chi connectivity index (χ2v) is 8.05. The van der Waals surface area contributed by atoms with E-state index in [9.17, 15) is 23.3 Å². The number of alkyl halides is 3. The largest absolute Gasteiger partial charge is 0.498 e. The molecule has 2 aromatic rings. The third-order valence-electron chi connectivity index (χ3n) is 5.39. The summed E-state index contributed by atoms with van der Waals surface area (Å²) in [6.45, 7) is 7.39. The van der Waals surface area contributed by atoms with Gasteiger partial charge in [0.25, 0.3) is 5.69 Å². The van der Waals surface area contributed by atoms with Crippen LogP contribution in [0.25, 0.3) is 0 Å². The minimum Gasteiger partial charge on any atom is -0.489 e. The summed E-state index contributed by atoms with van der Waals surface area (Å²) in [4.78, 5) is 10.7. The van der Waals surface area contributed by atoms with Gasteiger partial charge in [-0.15, -0.1) is 0 Å². The Balaban J connectivity index is 1.85. The number of nitro groups is 1. The van der Waals surface area contributed by atoms with Crippen molar-refractivity contribution in [1.29, 1.82) is 0 Å². The number of benzene rings is 2. The third-order valence-corrected chi connectivity index (χ3v) is 5.39. The average molecular weight is 423 g/mol. The second kappa shape index (κ2) is 7.59.